The van der Waals surface area contributed by atoms with Gasteiger partial charge in [0.2, 0.25) is 0 Å². The maximum Gasteiger partial charge on any atom is 0.256 e. The first-order valence-electron chi connectivity index (χ1n) is 5.91. The number of rotatable bonds is 4. The van der Waals surface area contributed by atoms with Gasteiger partial charge in [-0.15, -0.1) is 12.1 Å². The first-order chi connectivity index (χ1) is 9.52. The molecule has 6 heteroatoms. The summed E-state index contributed by atoms with van der Waals surface area (Å²) in [6.07, 6.45) is 1.96. The molecule has 0 N–H and O–H groups in total. The first-order valence-corrected chi connectivity index (χ1v) is 6.29. The number of halogens is 3. The van der Waals surface area contributed by atoms with Gasteiger partial charge in [0.05, 0.1) is 13.7 Å². The molecule has 0 aromatic heterocycles. The number of methoxy groups -OCH3 is 1. The molecule has 21 heavy (non-hydrogen) atoms. The maximum absolute atomic E-state index is 12.7. The summed E-state index contributed by atoms with van der Waals surface area (Å²) < 4.78 is 30.5. The van der Waals surface area contributed by atoms with E-state index in [1.165, 1.54) is 11.0 Å². The van der Waals surface area contributed by atoms with E-state index in [9.17, 15) is 8.78 Å². The second-order valence-electron chi connectivity index (χ2n) is 4.16. The molecule has 1 radical (unpaired) electrons. The van der Waals surface area contributed by atoms with Crippen LogP contribution in [0, 0.1) is 6.08 Å². The van der Waals surface area contributed by atoms with Crippen LogP contribution in [0.25, 0.3) is 5.70 Å². The van der Waals surface area contributed by atoms with Crippen LogP contribution >= 0.6 is 11.6 Å². The number of hydrogen-bond donors (Lipinski definition) is 0. The fourth-order valence-electron chi connectivity index (χ4n) is 1.88. The van der Waals surface area contributed by atoms with E-state index >= 15 is 0 Å². The summed E-state index contributed by atoms with van der Waals surface area (Å²) in [6, 6.07) is 7.07. The molecule has 2 rings (SSSR count). The number of hydrogen-bond acceptors (Lipinski definition) is 2. The van der Waals surface area contributed by atoms with Gasteiger partial charge in [-0.1, -0.05) is 17.8 Å². The molecule has 0 amide bonds. The van der Waals surface area contributed by atoms with Crippen LogP contribution in [-0.2, 0) is 32.7 Å². The molecule has 0 atom stereocenters. The van der Waals surface area contributed by atoms with Gasteiger partial charge in [-0.2, -0.15) is 23.8 Å². The van der Waals surface area contributed by atoms with Gasteiger partial charge in [0, 0.05) is 32.7 Å². The van der Waals surface area contributed by atoms with Crippen molar-refractivity contribution < 1.29 is 46.2 Å². The second kappa shape index (κ2) is 8.07. The number of ether oxygens (including phenoxy) is 1. The van der Waals surface area contributed by atoms with Gasteiger partial charge < -0.3 is 9.64 Å². The Morgan fingerprint density at radius 1 is 1.33 bits per heavy atom. The Morgan fingerprint density at radius 2 is 1.95 bits per heavy atom. The van der Waals surface area contributed by atoms with Crippen LogP contribution < -0.4 is 4.74 Å². The molecule has 0 saturated heterocycles. The monoisotopic (exact) mass is 385 g/mol. The van der Waals surface area contributed by atoms with Gasteiger partial charge in [-0.25, -0.2) is 8.78 Å². The molecule has 1 aromatic rings. The quantitative estimate of drug-likeness (QED) is 0.725. The molecule has 2 nitrogen and oxygen atoms in total. The van der Waals surface area contributed by atoms with Gasteiger partial charge in [0.1, 0.15) is 5.75 Å². The van der Waals surface area contributed by atoms with Gasteiger partial charge in [-0.3, -0.25) is 0 Å². The van der Waals surface area contributed by atoms with E-state index in [4.69, 9.17) is 16.3 Å². The summed E-state index contributed by atoms with van der Waals surface area (Å²) in [6.45, 7) is 3.27. The van der Waals surface area contributed by atoms with E-state index in [2.05, 4.69) is 12.7 Å². The Bertz CT molecular complexity index is 570. The Morgan fingerprint density at radius 3 is 2.48 bits per heavy atom. The molecule has 0 fully saturated rings. The minimum absolute atomic E-state index is 0. The van der Waals surface area contributed by atoms with Crippen LogP contribution in [0.5, 0.6) is 5.75 Å². The van der Waals surface area contributed by atoms with Crippen LogP contribution in [-0.4, -0.2) is 25.0 Å². The number of allylic oxidation sites excluding steroid dienone is 3. The fraction of sp³-hybridized carbons (Fsp3) is 0.200. The molecule has 0 bridgehead atoms. The zero-order chi connectivity index (χ0) is 14.7. The third-order valence-electron chi connectivity index (χ3n) is 2.89. The molecule has 0 saturated carbocycles. The van der Waals surface area contributed by atoms with E-state index in [1.54, 1.807) is 31.4 Å². The average Bonchev–Trinajstić information content (AvgIpc) is 2.44. The molecule has 109 valence electrons. The molecule has 1 aliphatic rings. The Balaban J connectivity index is 0.00000220. The van der Waals surface area contributed by atoms with Crippen molar-refractivity contribution in [3.05, 3.63) is 59.3 Å². The SMILES string of the molecule is C=C1C(Cl)=C[C-]=C(c2ccc(OC)cc2)N1CC(F)F.[Y]. The summed E-state index contributed by atoms with van der Waals surface area (Å²) in [7, 11) is 1.56. The average molecular weight is 386 g/mol. The molecular weight excluding hydrogens is 373 g/mol. The van der Waals surface area contributed by atoms with Crippen LogP contribution in [0.1, 0.15) is 5.56 Å². The van der Waals surface area contributed by atoms with Gasteiger partial charge in [-0.05, 0) is 22.9 Å². The van der Waals surface area contributed by atoms with Crippen LogP contribution in [0.15, 0.2) is 47.6 Å². The van der Waals surface area contributed by atoms with Crippen molar-refractivity contribution in [1.29, 1.82) is 0 Å². The van der Waals surface area contributed by atoms with Gasteiger partial charge in [0.25, 0.3) is 6.43 Å². The largest absolute Gasteiger partial charge is 0.497 e. The van der Waals surface area contributed by atoms with E-state index < -0.39 is 13.0 Å². The third kappa shape index (κ3) is 4.38. The zero-order valence-corrected chi connectivity index (χ0v) is 15.0. The summed E-state index contributed by atoms with van der Waals surface area (Å²) in [5.41, 5.74) is 1.60. The van der Waals surface area contributed by atoms with E-state index in [0.717, 1.165) is 5.56 Å². The zero-order valence-electron chi connectivity index (χ0n) is 11.4. The number of nitrogens with zero attached hydrogens (tertiary/aromatic N) is 1. The first kappa shape index (κ1) is 18.3. The maximum atomic E-state index is 12.7. The Labute approximate surface area is 153 Å². The van der Waals surface area contributed by atoms with E-state index in [0.29, 0.717) is 22.2 Å². The molecule has 0 spiro atoms. The normalized spacial score (nSPS) is 14.5. The third-order valence-corrected chi connectivity index (χ3v) is 3.22. The summed E-state index contributed by atoms with van der Waals surface area (Å²) >= 11 is 5.92. The topological polar surface area (TPSA) is 12.5 Å². The summed E-state index contributed by atoms with van der Waals surface area (Å²) in [4.78, 5) is 1.37. The second-order valence-corrected chi connectivity index (χ2v) is 4.57. The van der Waals surface area contributed by atoms with Crippen molar-refractivity contribution in [3.63, 3.8) is 0 Å². The van der Waals surface area contributed by atoms with E-state index in [-0.39, 0.29) is 32.7 Å². The van der Waals surface area contributed by atoms with Crippen molar-refractivity contribution in [2.75, 3.05) is 13.7 Å². The molecule has 1 aliphatic heterocycles. The smallest absolute Gasteiger partial charge is 0.256 e. The molecule has 0 unspecified atom stereocenters. The van der Waals surface area contributed by atoms with E-state index in [1.807, 2.05) is 0 Å². The predicted molar refractivity (Wildman–Crippen MR) is 75.4 cm³/mol. The standard InChI is InChI=1S/C15H13ClF2NO.Y/c1-10-13(16)7-8-14(19(10)9-15(17)18)11-3-5-12(20-2)6-4-11;/h3-7,15H,1,9H2,2H3;/q-1;. The van der Waals surface area contributed by atoms with Crippen molar-refractivity contribution in [3.8, 4) is 5.75 Å². The van der Waals surface area contributed by atoms with Crippen LogP contribution in [0.3, 0.4) is 0 Å². The fourth-order valence-corrected chi connectivity index (χ4v) is 2.04. The van der Waals surface area contributed by atoms with Crippen molar-refractivity contribution >= 4 is 17.3 Å². The predicted octanol–water partition coefficient (Wildman–Crippen LogP) is 4.05. The molecule has 0 aliphatic carbocycles. The summed E-state index contributed by atoms with van der Waals surface area (Å²) in [5.74, 6) is 0.693. The van der Waals surface area contributed by atoms with Gasteiger partial charge >= 0.3 is 0 Å². The van der Waals surface area contributed by atoms with Crippen molar-refractivity contribution in [1.82, 2.24) is 4.90 Å². The van der Waals surface area contributed by atoms with Crippen LogP contribution in [0.4, 0.5) is 8.78 Å². The van der Waals surface area contributed by atoms with Crippen molar-refractivity contribution in [2.45, 2.75) is 6.43 Å². The Kier molecular flexibility index (Phi) is 7.05. The van der Waals surface area contributed by atoms with Crippen molar-refractivity contribution in [2.24, 2.45) is 0 Å². The number of benzene rings is 1. The Hall–Kier alpha value is -0.706. The van der Waals surface area contributed by atoms with Gasteiger partial charge in [0.15, 0.2) is 0 Å². The molecule has 1 heterocycles. The summed E-state index contributed by atoms with van der Waals surface area (Å²) in [5, 5.41) is 0.308. The van der Waals surface area contributed by atoms with Crippen LogP contribution in [0.2, 0.25) is 0 Å². The molecular formula is C15H13ClF2NOY-. The minimum atomic E-state index is -2.50. The molecule has 1 aromatic carbocycles. The minimum Gasteiger partial charge on any atom is -0.497 e. The number of alkyl halides is 2.